The molecule has 0 spiro atoms. The number of fused-ring (bicyclic) bond motifs is 1. The van der Waals surface area contributed by atoms with E-state index in [0.29, 0.717) is 12.2 Å². The number of ether oxygens (including phenoxy) is 1. The fourth-order valence-electron chi connectivity index (χ4n) is 2.45. The zero-order valence-electron chi connectivity index (χ0n) is 13.7. The molecule has 4 heteroatoms. The molecule has 4 nitrogen and oxygen atoms in total. The maximum atomic E-state index is 12.4. The maximum absolute atomic E-state index is 12.4. The van der Waals surface area contributed by atoms with Gasteiger partial charge in [0.1, 0.15) is 12.4 Å². The summed E-state index contributed by atoms with van der Waals surface area (Å²) in [5.74, 6) is 0.524. The van der Waals surface area contributed by atoms with Gasteiger partial charge in [-0.2, -0.15) is 5.10 Å². The first kappa shape index (κ1) is 16.5. The summed E-state index contributed by atoms with van der Waals surface area (Å²) in [5, 5.41) is 5.96. The van der Waals surface area contributed by atoms with Crippen LogP contribution in [0.4, 0.5) is 0 Å². The summed E-state index contributed by atoms with van der Waals surface area (Å²) < 4.78 is 5.42. The summed E-state index contributed by atoms with van der Waals surface area (Å²) in [7, 11) is 0. The Hall–Kier alpha value is -3.40. The minimum atomic E-state index is -0.237. The third kappa shape index (κ3) is 4.12. The fourth-order valence-corrected chi connectivity index (χ4v) is 2.45. The topological polar surface area (TPSA) is 50.7 Å². The van der Waals surface area contributed by atoms with Crippen LogP contribution < -0.4 is 10.2 Å². The molecule has 1 amide bonds. The zero-order valence-corrected chi connectivity index (χ0v) is 13.7. The molecule has 1 N–H and O–H groups in total. The molecule has 0 aromatic heterocycles. The van der Waals surface area contributed by atoms with E-state index in [1.165, 1.54) is 0 Å². The molecule has 3 rings (SSSR count). The van der Waals surface area contributed by atoms with Gasteiger partial charge in [-0.15, -0.1) is 0 Å². The third-order valence-corrected chi connectivity index (χ3v) is 3.66. The highest BCUT2D eigenvalue weighted by molar-refractivity contribution is 6.07. The van der Waals surface area contributed by atoms with Crippen LogP contribution in [0.3, 0.4) is 0 Å². The van der Waals surface area contributed by atoms with Gasteiger partial charge in [0.05, 0.1) is 6.21 Å². The first-order valence-electron chi connectivity index (χ1n) is 7.93. The van der Waals surface area contributed by atoms with E-state index < -0.39 is 0 Å². The van der Waals surface area contributed by atoms with Crippen LogP contribution in [0.1, 0.15) is 15.9 Å². The Balaban J connectivity index is 1.67. The molecule has 25 heavy (non-hydrogen) atoms. The monoisotopic (exact) mass is 330 g/mol. The normalized spacial score (nSPS) is 10.7. The molecule has 0 radical (unpaired) electrons. The van der Waals surface area contributed by atoms with Crippen molar-refractivity contribution in [3.05, 3.63) is 90.5 Å². The van der Waals surface area contributed by atoms with Gasteiger partial charge in [-0.05, 0) is 46.7 Å². The molecule has 0 bridgehead atoms. The second kappa shape index (κ2) is 7.93. The minimum Gasteiger partial charge on any atom is -0.490 e. The standard InChI is InChI=1S/C21H18N2O2/c1-2-14-25-18-12-10-16(11-13-18)15-22-23-21(24)20-9-5-7-17-6-3-4-8-19(17)20/h2-13,15H,1,14H2,(H,23,24)/b22-15+. The van der Waals surface area contributed by atoms with E-state index in [-0.39, 0.29) is 5.91 Å². The Morgan fingerprint density at radius 3 is 2.60 bits per heavy atom. The smallest absolute Gasteiger partial charge is 0.271 e. The molecule has 3 aromatic carbocycles. The van der Waals surface area contributed by atoms with E-state index in [0.717, 1.165) is 22.1 Å². The Morgan fingerprint density at radius 2 is 1.80 bits per heavy atom. The van der Waals surface area contributed by atoms with Crippen molar-refractivity contribution in [1.29, 1.82) is 0 Å². The second-order valence-corrected chi connectivity index (χ2v) is 5.39. The Bertz CT molecular complexity index is 909. The van der Waals surface area contributed by atoms with Crippen LogP contribution in [-0.2, 0) is 0 Å². The Labute approximate surface area is 146 Å². The van der Waals surface area contributed by atoms with Gasteiger partial charge in [-0.25, -0.2) is 5.43 Å². The van der Waals surface area contributed by atoms with Crippen molar-refractivity contribution in [2.45, 2.75) is 0 Å². The summed E-state index contributed by atoms with van der Waals surface area (Å²) in [5.41, 5.74) is 4.04. The van der Waals surface area contributed by atoms with Crippen molar-refractivity contribution >= 4 is 22.9 Å². The van der Waals surface area contributed by atoms with Crippen LogP contribution in [0.15, 0.2) is 84.5 Å². The number of hydrogen-bond donors (Lipinski definition) is 1. The van der Waals surface area contributed by atoms with Crippen molar-refractivity contribution in [3.63, 3.8) is 0 Å². The van der Waals surface area contributed by atoms with E-state index in [2.05, 4.69) is 17.1 Å². The summed E-state index contributed by atoms with van der Waals surface area (Å²) in [6.45, 7) is 4.07. The average molecular weight is 330 g/mol. The highest BCUT2D eigenvalue weighted by atomic mass is 16.5. The number of nitrogens with one attached hydrogen (secondary N) is 1. The quantitative estimate of drug-likeness (QED) is 0.419. The van der Waals surface area contributed by atoms with Crippen LogP contribution in [0.2, 0.25) is 0 Å². The molecule has 3 aromatic rings. The minimum absolute atomic E-state index is 0.237. The lowest BCUT2D eigenvalue weighted by Gasteiger charge is -2.05. The average Bonchev–Trinajstić information content (AvgIpc) is 2.67. The SMILES string of the molecule is C=CCOc1ccc(/C=N/NC(=O)c2cccc3ccccc23)cc1. The third-order valence-electron chi connectivity index (χ3n) is 3.66. The molecule has 0 saturated heterocycles. The summed E-state index contributed by atoms with van der Waals surface area (Å²) in [6, 6.07) is 20.8. The number of hydrogen-bond acceptors (Lipinski definition) is 3. The van der Waals surface area contributed by atoms with Gasteiger partial charge in [0.25, 0.3) is 5.91 Å². The molecule has 0 saturated carbocycles. The lowest BCUT2D eigenvalue weighted by Crippen LogP contribution is -2.17. The molecule has 124 valence electrons. The highest BCUT2D eigenvalue weighted by Gasteiger charge is 2.08. The molecule has 0 heterocycles. The number of carbonyl (C=O) groups is 1. The van der Waals surface area contributed by atoms with Crippen molar-refractivity contribution in [2.75, 3.05) is 6.61 Å². The van der Waals surface area contributed by atoms with Gasteiger partial charge in [-0.1, -0.05) is 49.1 Å². The van der Waals surface area contributed by atoms with Gasteiger partial charge in [0.15, 0.2) is 0 Å². The van der Waals surface area contributed by atoms with Gasteiger partial charge in [-0.3, -0.25) is 4.79 Å². The first-order chi connectivity index (χ1) is 12.3. The van der Waals surface area contributed by atoms with E-state index >= 15 is 0 Å². The molecular weight excluding hydrogens is 312 g/mol. The highest BCUT2D eigenvalue weighted by Crippen LogP contribution is 2.18. The van der Waals surface area contributed by atoms with Crippen LogP contribution in [0.25, 0.3) is 10.8 Å². The van der Waals surface area contributed by atoms with Crippen LogP contribution >= 0.6 is 0 Å². The number of hydrazone groups is 1. The van der Waals surface area contributed by atoms with Crippen molar-refractivity contribution in [2.24, 2.45) is 5.10 Å². The van der Waals surface area contributed by atoms with Crippen LogP contribution in [-0.4, -0.2) is 18.7 Å². The van der Waals surface area contributed by atoms with Gasteiger partial charge >= 0.3 is 0 Å². The van der Waals surface area contributed by atoms with E-state index in [1.807, 2.05) is 60.7 Å². The summed E-state index contributed by atoms with van der Waals surface area (Å²) >= 11 is 0. The zero-order chi connectivity index (χ0) is 17.5. The fraction of sp³-hybridized carbons (Fsp3) is 0.0476. The first-order valence-corrected chi connectivity index (χ1v) is 7.93. The predicted molar refractivity (Wildman–Crippen MR) is 101 cm³/mol. The summed E-state index contributed by atoms with van der Waals surface area (Å²) in [6.07, 6.45) is 3.29. The number of nitrogens with zero attached hydrogens (tertiary/aromatic N) is 1. The second-order valence-electron chi connectivity index (χ2n) is 5.39. The Morgan fingerprint density at radius 1 is 1.04 bits per heavy atom. The van der Waals surface area contributed by atoms with Crippen molar-refractivity contribution < 1.29 is 9.53 Å². The van der Waals surface area contributed by atoms with Crippen LogP contribution in [0.5, 0.6) is 5.75 Å². The largest absolute Gasteiger partial charge is 0.490 e. The maximum Gasteiger partial charge on any atom is 0.271 e. The number of amides is 1. The Kier molecular flexibility index (Phi) is 5.22. The molecule has 0 aliphatic rings. The lowest BCUT2D eigenvalue weighted by atomic mass is 10.0. The van der Waals surface area contributed by atoms with E-state index in [1.54, 1.807) is 18.4 Å². The lowest BCUT2D eigenvalue weighted by molar-refractivity contribution is 0.0957. The molecular formula is C21H18N2O2. The molecule has 0 aliphatic carbocycles. The van der Waals surface area contributed by atoms with Gasteiger partial charge in [0, 0.05) is 5.56 Å². The van der Waals surface area contributed by atoms with Crippen LogP contribution in [0, 0.1) is 0 Å². The molecule has 0 aliphatic heterocycles. The molecule has 0 atom stereocenters. The summed E-state index contributed by atoms with van der Waals surface area (Å²) in [4.78, 5) is 12.4. The van der Waals surface area contributed by atoms with Gasteiger partial charge in [0.2, 0.25) is 0 Å². The van der Waals surface area contributed by atoms with E-state index in [9.17, 15) is 4.79 Å². The van der Waals surface area contributed by atoms with Crippen molar-refractivity contribution in [1.82, 2.24) is 5.43 Å². The van der Waals surface area contributed by atoms with E-state index in [4.69, 9.17) is 4.74 Å². The predicted octanol–water partition coefficient (Wildman–Crippen LogP) is 4.17. The number of rotatable bonds is 6. The number of benzene rings is 3. The molecule has 0 fully saturated rings. The van der Waals surface area contributed by atoms with Crippen molar-refractivity contribution in [3.8, 4) is 5.75 Å². The van der Waals surface area contributed by atoms with Gasteiger partial charge < -0.3 is 4.74 Å². The number of carbonyl (C=O) groups excluding carboxylic acids is 1. The molecule has 0 unspecified atom stereocenters.